The first-order valence-corrected chi connectivity index (χ1v) is 11.7. The fourth-order valence-corrected chi connectivity index (χ4v) is 4.68. The number of carbonyl (C=O) groups is 2. The van der Waals surface area contributed by atoms with Crippen molar-refractivity contribution in [3.8, 4) is 0 Å². The van der Waals surface area contributed by atoms with Crippen LogP contribution in [0.1, 0.15) is 6.92 Å². The molecule has 0 aromatic rings. The van der Waals surface area contributed by atoms with Crippen LogP contribution in [0.3, 0.4) is 0 Å². The van der Waals surface area contributed by atoms with Crippen molar-refractivity contribution in [3.05, 3.63) is 24.7 Å². The Labute approximate surface area is 183 Å². The minimum Gasteiger partial charge on any atom is -0.387 e. The topological polar surface area (TPSA) is 138 Å². The van der Waals surface area contributed by atoms with Gasteiger partial charge in [-0.3, -0.25) is 18.6 Å². The average molecular weight is 483 g/mol. The number of aliphatic hydroxyl groups is 2. The van der Waals surface area contributed by atoms with E-state index in [9.17, 15) is 28.8 Å². The van der Waals surface area contributed by atoms with Crippen molar-refractivity contribution in [1.29, 1.82) is 0 Å². The number of nitrogens with one attached hydrogen (secondary N) is 1. The predicted octanol–water partition coefficient (Wildman–Crippen LogP) is 0.172. The Morgan fingerprint density at radius 2 is 2.16 bits per heavy atom. The smallest absolute Gasteiger partial charge is 0.387 e. The number of nitrogens with zero attached hydrogens (tertiary/aromatic N) is 2. The van der Waals surface area contributed by atoms with Crippen LogP contribution in [0.2, 0.25) is 0 Å². The molecule has 0 radical (unpaired) electrons. The SMILES string of the molecule is C=C1NC(=O)C=CN1[C@H]1O[C@](CF)(COP(=O)(OCCSC(C)=O)N(C)C)[C@H](O)C1O. The van der Waals surface area contributed by atoms with Crippen LogP contribution in [0.5, 0.6) is 0 Å². The molecule has 14 heteroatoms. The predicted molar refractivity (Wildman–Crippen MR) is 110 cm³/mol. The summed E-state index contributed by atoms with van der Waals surface area (Å²) in [5.41, 5.74) is -2.05. The average Bonchev–Trinajstić information content (AvgIpc) is 2.95. The third-order valence-corrected chi connectivity index (χ3v) is 7.30. The molecular weight excluding hydrogens is 456 g/mol. The van der Waals surface area contributed by atoms with Crippen molar-refractivity contribution >= 4 is 30.5 Å². The molecule has 2 aliphatic rings. The summed E-state index contributed by atoms with van der Waals surface area (Å²) >= 11 is 0.981. The van der Waals surface area contributed by atoms with Gasteiger partial charge in [-0.05, 0) is 14.1 Å². The highest BCUT2D eigenvalue weighted by atomic mass is 32.2. The summed E-state index contributed by atoms with van der Waals surface area (Å²) in [6.07, 6.45) is -2.20. The maximum Gasteiger partial charge on any atom is 0.407 e. The summed E-state index contributed by atoms with van der Waals surface area (Å²) in [5.74, 6) is -0.147. The molecule has 2 unspecified atom stereocenters. The van der Waals surface area contributed by atoms with E-state index in [1.54, 1.807) is 0 Å². The molecule has 0 aromatic heterocycles. The Bertz CT molecular complexity index is 784. The first-order valence-electron chi connectivity index (χ1n) is 9.22. The van der Waals surface area contributed by atoms with E-state index in [-0.39, 0.29) is 23.3 Å². The molecule has 2 aliphatic heterocycles. The molecule has 5 atom stereocenters. The molecule has 31 heavy (non-hydrogen) atoms. The monoisotopic (exact) mass is 483 g/mol. The largest absolute Gasteiger partial charge is 0.407 e. The van der Waals surface area contributed by atoms with Crippen LogP contribution in [0.25, 0.3) is 0 Å². The lowest BCUT2D eigenvalue weighted by molar-refractivity contribution is -0.143. The summed E-state index contributed by atoms with van der Waals surface area (Å²) in [5, 5.41) is 23.2. The molecule has 0 spiro atoms. The third kappa shape index (κ3) is 5.93. The number of hydrogen-bond acceptors (Lipinski definition) is 10. The van der Waals surface area contributed by atoms with Crippen molar-refractivity contribution in [1.82, 2.24) is 14.9 Å². The zero-order valence-electron chi connectivity index (χ0n) is 17.4. The van der Waals surface area contributed by atoms with Gasteiger partial charge in [0, 0.05) is 25.0 Å². The number of carbonyl (C=O) groups excluding carboxylic acids is 2. The van der Waals surface area contributed by atoms with Crippen molar-refractivity contribution in [2.45, 2.75) is 31.0 Å². The van der Waals surface area contributed by atoms with E-state index < -0.39 is 51.0 Å². The second kappa shape index (κ2) is 10.5. The number of rotatable bonds is 10. The van der Waals surface area contributed by atoms with Crippen molar-refractivity contribution < 1.29 is 42.5 Å². The number of aliphatic hydroxyl groups excluding tert-OH is 2. The lowest BCUT2D eigenvalue weighted by atomic mass is 9.97. The van der Waals surface area contributed by atoms with Gasteiger partial charge in [-0.2, -0.15) is 0 Å². The first kappa shape index (κ1) is 25.9. The Morgan fingerprint density at radius 1 is 1.48 bits per heavy atom. The van der Waals surface area contributed by atoms with E-state index >= 15 is 0 Å². The molecular formula is C17H27FN3O8PS. The maximum atomic E-state index is 14.1. The number of alkyl halides is 1. The van der Waals surface area contributed by atoms with E-state index in [1.165, 1.54) is 32.1 Å². The number of ether oxygens (including phenoxy) is 1. The van der Waals surface area contributed by atoms with Gasteiger partial charge in [-0.1, -0.05) is 18.3 Å². The quantitative estimate of drug-likeness (QED) is 0.290. The Balaban J connectivity index is 2.12. The van der Waals surface area contributed by atoms with Gasteiger partial charge in [-0.15, -0.1) is 0 Å². The summed E-state index contributed by atoms with van der Waals surface area (Å²) in [7, 11) is -1.06. The molecule has 0 aliphatic carbocycles. The lowest BCUT2D eigenvalue weighted by Crippen LogP contribution is -2.49. The molecule has 0 bridgehead atoms. The molecule has 2 heterocycles. The van der Waals surface area contributed by atoms with E-state index in [0.717, 1.165) is 22.5 Å². The van der Waals surface area contributed by atoms with E-state index in [4.69, 9.17) is 13.8 Å². The van der Waals surface area contributed by atoms with E-state index in [2.05, 4.69) is 11.9 Å². The summed E-state index contributed by atoms with van der Waals surface area (Å²) < 4.78 is 44.5. The highest BCUT2D eigenvalue weighted by Crippen LogP contribution is 2.51. The van der Waals surface area contributed by atoms with Crippen molar-refractivity contribution in [3.63, 3.8) is 0 Å². The van der Waals surface area contributed by atoms with Crippen LogP contribution in [0.15, 0.2) is 24.7 Å². The first-order chi connectivity index (χ1) is 14.5. The number of amides is 1. The molecule has 0 saturated carbocycles. The molecule has 1 saturated heterocycles. The van der Waals surface area contributed by atoms with Crippen LogP contribution >= 0.6 is 19.5 Å². The normalized spacial score (nSPS) is 30.5. The lowest BCUT2D eigenvalue weighted by Gasteiger charge is -2.34. The molecule has 0 aromatic carbocycles. The fourth-order valence-electron chi connectivity index (χ4n) is 2.86. The maximum absolute atomic E-state index is 14.1. The zero-order chi connectivity index (χ0) is 23.4. The summed E-state index contributed by atoms with van der Waals surface area (Å²) in [6.45, 7) is 2.97. The number of thioether (sulfide) groups is 1. The van der Waals surface area contributed by atoms with Crippen LogP contribution in [-0.2, 0) is 27.9 Å². The van der Waals surface area contributed by atoms with Gasteiger partial charge < -0.3 is 25.2 Å². The van der Waals surface area contributed by atoms with Gasteiger partial charge >= 0.3 is 7.75 Å². The summed E-state index contributed by atoms with van der Waals surface area (Å²) in [4.78, 5) is 23.6. The van der Waals surface area contributed by atoms with Gasteiger partial charge in [0.25, 0.3) is 5.91 Å². The van der Waals surface area contributed by atoms with Gasteiger partial charge in [0.2, 0.25) is 0 Å². The zero-order valence-corrected chi connectivity index (χ0v) is 19.1. The van der Waals surface area contributed by atoms with Crippen LogP contribution in [0, 0.1) is 0 Å². The van der Waals surface area contributed by atoms with Crippen molar-refractivity contribution in [2.75, 3.05) is 39.7 Å². The van der Waals surface area contributed by atoms with Crippen LogP contribution in [-0.4, -0.2) is 94.6 Å². The van der Waals surface area contributed by atoms with Crippen molar-refractivity contribution in [2.24, 2.45) is 0 Å². The number of hydrogen-bond donors (Lipinski definition) is 3. The molecule has 3 N–H and O–H groups in total. The molecule has 176 valence electrons. The second-order valence-electron chi connectivity index (χ2n) is 7.06. The van der Waals surface area contributed by atoms with Gasteiger partial charge in [0.05, 0.1) is 13.2 Å². The Morgan fingerprint density at radius 3 is 2.71 bits per heavy atom. The highest BCUT2D eigenvalue weighted by molar-refractivity contribution is 8.13. The number of halogens is 1. The van der Waals surface area contributed by atoms with Crippen LogP contribution in [0.4, 0.5) is 4.39 Å². The minimum absolute atomic E-state index is 0.0598. The third-order valence-electron chi connectivity index (χ3n) is 4.58. The second-order valence-corrected chi connectivity index (χ2v) is 10.6. The highest BCUT2D eigenvalue weighted by Gasteiger charge is 2.57. The molecule has 1 amide bonds. The van der Waals surface area contributed by atoms with Crippen LogP contribution < -0.4 is 5.32 Å². The van der Waals surface area contributed by atoms with Gasteiger partial charge in [0.15, 0.2) is 16.9 Å². The molecule has 2 rings (SSSR count). The standard InChI is InChI=1S/C17H27FN3O8PS/c1-11-19-13(23)5-6-21(11)16-14(24)15(25)17(9-18,29-16)10-28-30(26,20(3)4)27-7-8-31-12(2)22/h5-6,14-16,24-25H,1,7-10H2,2-4H3,(H,19,23)/t14?,15-,16+,17-,30?/m1/s1. The fraction of sp³-hybridized carbons (Fsp3) is 0.647. The molecule has 11 nitrogen and oxygen atoms in total. The van der Waals surface area contributed by atoms with E-state index in [0.29, 0.717) is 0 Å². The summed E-state index contributed by atoms with van der Waals surface area (Å²) in [6, 6.07) is 0. The van der Waals surface area contributed by atoms with Gasteiger partial charge in [0.1, 0.15) is 24.7 Å². The van der Waals surface area contributed by atoms with E-state index in [1.807, 2.05) is 0 Å². The minimum atomic E-state index is -3.91. The molecule has 1 fully saturated rings. The Kier molecular flexibility index (Phi) is 8.82. The van der Waals surface area contributed by atoms with Gasteiger partial charge in [-0.25, -0.2) is 13.6 Å². The Hall–Kier alpha value is -1.31.